The number of nitro groups is 1. The van der Waals surface area contributed by atoms with Crippen LogP contribution in [0, 0.1) is 23.0 Å². The van der Waals surface area contributed by atoms with Crippen molar-refractivity contribution in [2.75, 3.05) is 18.0 Å². The molecule has 1 N–H and O–H groups in total. The number of carbonyl (C=O) groups is 1. The minimum absolute atomic E-state index is 0.0206. The second-order valence-corrected chi connectivity index (χ2v) is 7.71. The molecular formula is C22H27N3O3. The molecule has 0 bridgehead atoms. The molecule has 0 unspecified atom stereocenters. The first-order chi connectivity index (χ1) is 13.3. The van der Waals surface area contributed by atoms with Crippen molar-refractivity contribution in [2.24, 2.45) is 5.92 Å². The Morgan fingerprint density at radius 3 is 2.39 bits per heavy atom. The largest absolute Gasteiger partial charge is 0.372 e. The number of hydrogen-bond acceptors (Lipinski definition) is 4. The van der Waals surface area contributed by atoms with E-state index in [1.54, 1.807) is 13.0 Å². The zero-order valence-electron chi connectivity index (χ0n) is 16.6. The Hall–Kier alpha value is -2.89. The summed E-state index contributed by atoms with van der Waals surface area (Å²) in [7, 11) is 0. The van der Waals surface area contributed by atoms with E-state index in [1.165, 1.54) is 30.7 Å². The van der Waals surface area contributed by atoms with Gasteiger partial charge < -0.3 is 10.2 Å². The Balaban J connectivity index is 1.64. The topological polar surface area (TPSA) is 75.5 Å². The van der Waals surface area contributed by atoms with Gasteiger partial charge in [0.2, 0.25) is 0 Å². The van der Waals surface area contributed by atoms with Gasteiger partial charge in [0.05, 0.1) is 11.0 Å². The first-order valence-corrected chi connectivity index (χ1v) is 9.76. The Labute approximate surface area is 165 Å². The number of benzene rings is 2. The van der Waals surface area contributed by atoms with Crippen molar-refractivity contribution in [3.63, 3.8) is 0 Å². The molecule has 2 aromatic rings. The zero-order chi connectivity index (χ0) is 20.3. The van der Waals surface area contributed by atoms with Gasteiger partial charge >= 0.3 is 0 Å². The lowest BCUT2D eigenvalue weighted by molar-refractivity contribution is -0.385. The van der Waals surface area contributed by atoms with E-state index >= 15 is 0 Å². The van der Waals surface area contributed by atoms with Crippen molar-refractivity contribution in [1.29, 1.82) is 0 Å². The summed E-state index contributed by atoms with van der Waals surface area (Å²) in [5, 5.41) is 13.9. The number of amides is 1. The van der Waals surface area contributed by atoms with Crippen LogP contribution in [-0.2, 0) is 0 Å². The molecule has 1 fully saturated rings. The molecule has 6 nitrogen and oxygen atoms in total. The summed E-state index contributed by atoms with van der Waals surface area (Å²) in [6, 6.07) is 12.6. The molecule has 0 spiro atoms. The van der Waals surface area contributed by atoms with Gasteiger partial charge in [-0.05, 0) is 62.4 Å². The summed E-state index contributed by atoms with van der Waals surface area (Å²) < 4.78 is 0. The molecule has 3 rings (SSSR count). The Morgan fingerprint density at radius 2 is 1.82 bits per heavy atom. The number of nitrogens with one attached hydrogen (secondary N) is 1. The van der Waals surface area contributed by atoms with E-state index in [2.05, 4.69) is 41.4 Å². The minimum atomic E-state index is -0.440. The molecule has 1 amide bonds. The number of anilines is 1. The van der Waals surface area contributed by atoms with Gasteiger partial charge in [-0.3, -0.25) is 14.9 Å². The molecule has 0 saturated carbocycles. The summed E-state index contributed by atoms with van der Waals surface area (Å²) in [5.74, 6) is 0.563. The highest BCUT2D eigenvalue weighted by molar-refractivity contribution is 5.95. The van der Waals surface area contributed by atoms with Crippen molar-refractivity contribution < 1.29 is 9.72 Å². The normalized spacial score (nSPS) is 15.9. The van der Waals surface area contributed by atoms with Gasteiger partial charge in [-0.1, -0.05) is 19.1 Å². The number of aryl methyl sites for hydroxylation is 1. The molecule has 1 atom stereocenters. The Morgan fingerprint density at radius 1 is 1.18 bits per heavy atom. The van der Waals surface area contributed by atoms with Gasteiger partial charge in [0.1, 0.15) is 0 Å². The Bertz CT molecular complexity index is 856. The van der Waals surface area contributed by atoms with Crippen LogP contribution >= 0.6 is 0 Å². The molecule has 2 aromatic carbocycles. The molecule has 148 valence electrons. The van der Waals surface area contributed by atoms with Crippen LogP contribution in [0.15, 0.2) is 42.5 Å². The first kappa shape index (κ1) is 19.9. The molecule has 6 heteroatoms. The quantitative estimate of drug-likeness (QED) is 0.605. The van der Waals surface area contributed by atoms with Gasteiger partial charge in [-0.2, -0.15) is 0 Å². The highest BCUT2D eigenvalue weighted by atomic mass is 16.6. The maximum Gasteiger partial charge on any atom is 0.272 e. The number of piperidine rings is 1. The first-order valence-electron chi connectivity index (χ1n) is 9.76. The Kier molecular flexibility index (Phi) is 5.97. The molecule has 1 aliphatic heterocycles. The number of carbonyl (C=O) groups excluding carboxylic acids is 1. The maximum absolute atomic E-state index is 12.5. The van der Waals surface area contributed by atoms with Gasteiger partial charge in [0.25, 0.3) is 11.6 Å². The van der Waals surface area contributed by atoms with Crippen LogP contribution in [0.5, 0.6) is 0 Å². The van der Waals surface area contributed by atoms with Gasteiger partial charge in [-0.25, -0.2) is 0 Å². The van der Waals surface area contributed by atoms with Crippen molar-refractivity contribution in [3.8, 4) is 0 Å². The summed E-state index contributed by atoms with van der Waals surface area (Å²) in [6.07, 6.45) is 2.45. The van der Waals surface area contributed by atoms with Gasteiger partial charge in [0, 0.05) is 36.0 Å². The summed E-state index contributed by atoms with van der Waals surface area (Å²) >= 11 is 0. The van der Waals surface area contributed by atoms with E-state index in [0.29, 0.717) is 11.1 Å². The van der Waals surface area contributed by atoms with E-state index in [9.17, 15) is 14.9 Å². The second kappa shape index (κ2) is 8.42. The summed E-state index contributed by atoms with van der Waals surface area (Å²) in [5.41, 5.74) is 3.17. The summed E-state index contributed by atoms with van der Waals surface area (Å²) in [6.45, 7) is 8.06. The average Bonchev–Trinajstić information content (AvgIpc) is 2.68. The summed E-state index contributed by atoms with van der Waals surface area (Å²) in [4.78, 5) is 25.4. The molecule has 28 heavy (non-hydrogen) atoms. The van der Waals surface area contributed by atoms with Crippen LogP contribution in [0.4, 0.5) is 11.4 Å². The fourth-order valence-electron chi connectivity index (χ4n) is 3.61. The number of rotatable bonds is 5. The van der Waals surface area contributed by atoms with E-state index in [-0.39, 0.29) is 17.6 Å². The van der Waals surface area contributed by atoms with Crippen LogP contribution in [0.25, 0.3) is 0 Å². The van der Waals surface area contributed by atoms with E-state index in [1.807, 2.05) is 6.92 Å². The zero-order valence-corrected chi connectivity index (χ0v) is 16.6. The molecule has 0 aromatic heterocycles. The van der Waals surface area contributed by atoms with Crippen molar-refractivity contribution in [1.82, 2.24) is 5.32 Å². The van der Waals surface area contributed by atoms with Crippen LogP contribution in [0.3, 0.4) is 0 Å². The van der Waals surface area contributed by atoms with Crippen LogP contribution in [0.2, 0.25) is 0 Å². The number of nitrogens with zero attached hydrogens (tertiary/aromatic N) is 2. The van der Waals surface area contributed by atoms with Crippen LogP contribution in [-0.4, -0.2) is 23.9 Å². The minimum Gasteiger partial charge on any atom is -0.372 e. The second-order valence-electron chi connectivity index (χ2n) is 7.71. The van der Waals surface area contributed by atoms with E-state index in [4.69, 9.17) is 0 Å². The predicted octanol–water partition coefficient (Wildman–Crippen LogP) is 4.63. The maximum atomic E-state index is 12.5. The molecule has 0 aliphatic carbocycles. The fraction of sp³-hybridized carbons (Fsp3) is 0.409. The average molecular weight is 381 g/mol. The number of hydrogen-bond donors (Lipinski definition) is 1. The molecular weight excluding hydrogens is 354 g/mol. The SMILES string of the molecule is Cc1cc(C(=O)N[C@H](C)c2ccc(N3CCC(C)CC3)cc2)ccc1[N+](=O)[O-]. The van der Waals surface area contributed by atoms with E-state index < -0.39 is 4.92 Å². The van der Waals surface area contributed by atoms with E-state index in [0.717, 1.165) is 24.6 Å². The van der Waals surface area contributed by atoms with Crippen molar-refractivity contribution in [2.45, 2.75) is 39.7 Å². The lowest BCUT2D eigenvalue weighted by atomic mass is 9.98. The van der Waals surface area contributed by atoms with Crippen LogP contribution < -0.4 is 10.2 Å². The monoisotopic (exact) mass is 381 g/mol. The lowest BCUT2D eigenvalue weighted by Gasteiger charge is -2.32. The lowest BCUT2D eigenvalue weighted by Crippen LogP contribution is -2.32. The smallest absolute Gasteiger partial charge is 0.272 e. The van der Waals surface area contributed by atoms with Crippen molar-refractivity contribution in [3.05, 3.63) is 69.3 Å². The molecule has 1 heterocycles. The molecule has 1 saturated heterocycles. The third-order valence-corrected chi connectivity index (χ3v) is 5.55. The molecule has 0 radical (unpaired) electrons. The highest BCUT2D eigenvalue weighted by Gasteiger charge is 2.18. The van der Waals surface area contributed by atoms with Crippen molar-refractivity contribution >= 4 is 17.3 Å². The van der Waals surface area contributed by atoms with Gasteiger partial charge in [-0.15, -0.1) is 0 Å². The van der Waals surface area contributed by atoms with Crippen LogP contribution in [0.1, 0.15) is 54.2 Å². The molecule has 1 aliphatic rings. The standard InChI is InChI=1S/C22H27N3O3/c1-15-10-12-24(13-11-15)20-7-4-18(5-8-20)17(3)23-22(26)19-6-9-21(25(27)28)16(2)14-19/h4-9,14-15,17H,10-13H2,1-3H3,(H,23,26)/t17-/m1/s1. The van der Waals surface area contributed by atoms with Gasteiger partial charge in [0.15, 0.2) is 0 Å². The fourth-order valence-corrected chi connectivity index (χ4v) is 3.61. The third kappa shape index (κ3) is 4.50. The third-order valence-electron chi connectivity index (χ3n) is 5.55. The predicted molar refractivity (Wildman–Crippen MR) is 111 cm³/mol. The number of nitro benzene ring substituents is 1. The highest BCUT2D eigenvalue weighted by Crippen LogP contribution is 2.25.